The molecule has 22 heavy (non-hydrogen) atoms. The standard InChI is InChI=1S/C18H17ClN2O/c1-3-13-5-7-14(8-6-13)17-11-21(18(22)20-17)15-9-4-12(2)16(19)10-15/h4-11H,3H2,1-2H3,(H,20,22). The van der Waals surface area contributed by atoms with Gasteiger partial charge in [-0.15, -0.1) is 0 Å². The van der Waals surface area contributed by atoms with Crippen LogP contribution in [0.15, 0.2) is 53.5 Å². The van der Waals surface area contributed by atoms with Crippen molar-refractivity contribution >= 4 is 11.6 Å². The van der Waals surface area contributed by atoms with Crippen molar-refractivity contribution in [3.8, 4) is 16.9 Å². The molecule has 1 aromatic heterocycles. The van der Waals surface area contributed by atoms with E-state index in [-0.39, 0.29) is 5.69 Å². The van der Waals surface area contributed by atoms with E-state index in [1.807, 2.05) is 37.4 Å². The van der Waals surface area contributed by atoms with Gasteiger partial charge >= 0.3 is 5.69 Å². The highest BCUT2D eigenvalue weighted by atomic mass is 35.5. The molecule has 0 spiro atoms. The van der Waals surface area contributed by atoms with Crippen LogP contribution in [-0.4, -0.2) is 9.55 Å². The lowest BCUT2D eigenvalue weighted by Crippen LogP contribution is -2.13. The fraction of sp³-hybridized carbons (Fsp3) is 0.167. The topological polar surface area (TPSA) is 37.8 Å². The molecule has 0 fully saturated rings. The first-order chi connectivity index (χ1) is 10.6. The van der Waals surface area contributed by atoms with Gasteiger partial charge in [0.15, 0.2) is 0 Å². The molecule has 0 saturated carbocycles. The van der Waals surface area contributed by atoms with E-state index in [2.05, 4.69) is 24.0 Å². The summed E-state index contributed by atoms with van der Waals surface area (Å²) in [4.78, 5) is 15.1. The van der Waals surface area contributed by atoms with E-state index < -0.39 is 0 Å². The van der Waals surface area contributed by atoms with Crippen molar-refractivity contribution in [2.24, 2.45) is 0 Å². The van der Waals surface area contributed by atoms with Crippen LogP contribution in [0.3, 0.4) is 0 Å². The normalized spacial score (nSPS) is 10.9. The molecule has 3 nitrogen and oxygen atoms in total. The van der Waals surface area contributed by atoms with E-state index in [1.54, 1.807) is 10.6 Å². The Morgan fingerprint density at radius 2 is 1.86 bits per heavy atom. The Hall–Kier alpha value is -2.26. The number of aromatic amines is 1. The average molecular weight is 313 g/mol. The van der Waals surface area contributed by atoms with Crippen molar-refractivity contribution in [3.63, 3.8) is 0 Å². The molecule has 4 heteroatoms. The fourth-order valence-electron chi connectivity index (χ4n) is 2.39. The van der Waals surface area contributed by atoms with Crippen molar-refractivity contribution in [1.82, 2.24) is 9.55 Å². The van der Waals surface area contributed by atoms with Crippen LogP contribution in [0.25, 0.3) is 16.9 Å². The summed E-state index contributed by atoms with van der Waals surface area (Å²) < 4.78 is 1.58. The maximum atomic E-state index is 12.2. The Labute approximate surface area is 134 Å². The first-order valence-electron chi connectivity index (χ1n) is 7.26. The van der Waals surface area contributed by atoms with Crippen LogP contribution < -0.4 is 5.69 Å². The van der Waals surface area contributed by atoms with Crippen LogP contribution in [0.5, 0.6) is 0 Å². The summed E-state index contributed by atoms with van der Waals surface area (Å²) in [5, 5.41) is 0.652. The number of hydrogen-bond donors (Lipinski definition) is 1. The van der Waals surface area contributed by atoms with Gasteiger partial charge in [-0.3, -0.25) is 4.57 Å². The molecule has 2 aromatic carbocycles. The highest BCUT2D eigenvalue weighted by Gasteiger charge is 2.08. The second-order valence-electron chi connectivity index (χ2n) is 5.33. The number of nitrogens with zero attached hydrogens (tertiary/aromatic N) is 1. The van der Waals surface area contributed by atoms with Gasteiger partial charge in [-0.05, 0) is 42.2 Å². The second kappa shape index (κ2) is 5.85. The van der Waals surface area contributed by atoms with Gasteiger partial charge in [0.2, 0.25) is 0 Å². The minimum Gasteiger partial charge on any atom is -0.305 e. The summed E-state index contributed by atoms with van der Waals surface area (Å²) in [6, 6.07) is 13.8. The van der Waals surface area contributed by atoms with Crippen LogP contribution in [0.4, 0.5) is 0 Å². The van der Waals surface area contributed by atoms with Crippen molar-refractivity contribution < 1.29 is 0 Å². The molecule has 0 atom stereocenters. The van der Waals surface area contributed by atoms with E-state index in [4.69, 9.17) is 11.6 Å². The number of rotatable bonds is 3. The molecule has 0 unspecified atom stereocenters. The van der Waals surface area contributed by atoms with Crippen LogP contribution in [-0.2, 0) is 6.42 Å². The van der Waals surface area contributed by atoms with Crippen LogP contribution in [0, 0.1) is 6.92 Å². The van der Waals surface area contributed by atoms with Gasteiger partial charge in [0.05, 0.1) is 11.4 Å². The molecule has 0 aliphatic carbocycles. The van der Waals surface area contributed by atoms with E-state index in [1.165, 1.54) is 5.56 Å². The first-order valence-corrected chi connectivity index (χ1v) is 7.64. The molecule has 0 aliphatic rings. The lowest BCUT2D eigenvalue weighted by atomic mass is 10.1. The summed E-state index contributed by atoms with van der Waals surface area (Å²) >= 11 is 6.15. The average Bonchev–Trinajstić information content (AvgIpc) is 2.92. The van der Waals surface area contributed by atoms with E-state index in [0.717, 1.165) is 28.9 Å². The zero-order valence-corrected chi connectivity index (χ0v) is 13.3. The lowest BCUT2D eigenvalue weighted by Gasteiger charge is -2.03. The van der Waals surface area contributed by atoms with E-state index in [9.17, 15) is 4.79 Å². The number of hydrogen-bond acceptors (Lipinski definition) is 1. The SMILES string of the molecule is CCc1ccc(-c2cn(-c3ccc(C)c(Cl)c3)c(=O)[nH]2)cc1. The Morgan fingerprint density at radius 1 is 1.14 bits per heavy atom. The Balaban J connectivity index is 2.02. The predicted octanol–water partition coefficient (Wildman–Crippen LogP) is 4.36. The number of benzene rings is 2. The molecule has 0 amide bonds. The van der Waals surface area contributed by atoms with Crippen molar-refractivity contribution in [2.75, 3.05) is 0 Å². The van der Waals surface area contributed by atoms with Gasteiger partial charge in [0, 0.05) is 11.2 Å². The summed E-state index contributed by atoms with van der Waals surface area (Å²) in [5.74, 6) is 0. The number of nitrogens with one attached hydrogen (secondary N) is 1. The molecular weight excluding hydrogens is 296 g/mol. The molecule has 1 heterocycles. The number of aryl methyl sites for hydroxylation is 2. The summed E-state index contributed by atoms with van der Waals surface area (Å²) in [7, 11) is 0. The zero-order valence-electron chi connectivity index (χ0n) is 12.6. The van der Waals surface area contributed by atoms with E-state index >= 15 is 0 Å². The largest absolute Gasteiger partial charge is 0.330 e. The highest BCUT2D eigenvalue weighted by Crippen LogP contribution is 2.21. The number of H-pyrrole nitrogens is 1. The molecule has 0 saturated heterocycles. The summed E-state index contributed by atoms with van der Waals surface area (Å²) in [6.07, 6.45) is 2.81. The number of imidazole rings is 1. The highest BCUT2D eigenvalue weighted by molar-refractivity contribution is 6.31. The lowest BCUT2D eigenvalue weighted by molar-refractivity contribution is 0.986. The first kappa shape index (κ1) is 14.7. The molecule has 0 radical (unpaired) electrons. The maximum absolute atomic E-state index is 12.2. The van der Waals surface area contributed by atoms with Gasteiger partial charge in [-0.25, -0.2) is 4.79 Å². The molecule has 0 aliphatic heterocycles. The molecule has 3 aromatic rings. The molecule has 112 valence electrons. The molecule has 0 bridgehead atoms. The van der Waals surface area contributed by atoms with Crippen molar-refractivity contribution in [2.45, 2.75) is 20.3 Å². The van der Waals surface area contributed by atoms with Gasteiger partial charge in [-0.1, -0.05) is 48.9 Å². The zero-order chi connectivity index (χ0) is 15.7. The summed E-state index contributed by atoms with van der Waals surface area (Å²) in [5.41, 5.74) is 4.64. The van der Waals surface area contributed by atoms with Gasteiger partial charge < -0.3 is 4.98 Å². The van der Waals surface area contributed by atoms with Gasteiger partial charge in [0.25, 0.3) is 0 Å². The third-order valence-corrected chi connectivity index (χ3v) is 4.23. The molecule has 1 N–H and O–H groups in total. The van der Waals surface area contributed by atoms with Crippen LogP contribution >= 0.6 is 11.6 Å². The van der Waals surface area contributed by atoms with Gasteiger partial charge in [-0.2, -0.15) is 0 Å². The summed E-state index contributed by atoms with van der Waals surface area (Å²) in [6.45, 7) is 4.06. The maximum Gasteiger partial charge on any atom is 0.330 e. The van der Waals surface area contributed by atoms with Crippen molar-refractivity contribution in [3.05, 3.63) is 75.3 Å². The van der Waals surface area contributed by atoms with Crippen LogP contribution in [0.1, 0.15) is 18.1 Å². The third-order valence-electron chi connectivity index (χ3n) is 3.83. The monoisotopic (exact) mass is 312 g/mol. The predicted molar refractivity (Wildman–Crippen MR) is 91.0 cm³/mol. The Morgan fingerprint density at radius 3 is 2.50 bits per heavy atom. The van der Waals surface area contributed by atoms with Crippen LogP contribution in [0.2, 0.25) is 5.02 Å². The Bertz CT molecular complexity index is 860. The van der Waals surface area contributed by atoms with Crippen molar-refractivity contribution in [1.29, 1.82) is 0 Å². The smallest absolute Gasteiger partial charge is 0.305 e. The quantitative estimate of drug-likeness (QED) is 0.766. The molecule has 3 rings (SSSR count). The van der Waals surface area contributed by atoms with E-state index in [0.29, 0.717) is 5.02 Å². The van der Waals surface area contributed by atoms with Gasteiger partial charge in [0.1, 0.15) is 0 Å². The Kier molecular flexibility index (Phi) is 3.90. The number of halogens is 1. The number of aromatic nitrogens is 2. The fourth-order valence-corrected chi connectivity index (χ4v) is 2.56. The second-order valence-corrected chi connectivity index (χ2v) is 5.73. The minimum atomic E-state index is -0.172. The third kappa shape index (κ3) is 2.72. The minimum absolute atomic E-state index is 0.172. The molecular formula is C18H17ClN2O.